The molecule has 0 aliphatic carbocycles. The summed E-state index contributed by atoms with van der Waals surface area (Å²) < 4.78 is 51.5. The Hall–Kier alpha value is -2.63. The first-order valence-corrected chi connectivity index (χ1v) is 11.0. The molecule has 180 valence electrons. The predicted molar refractivity (Wildman–Crippen MR) is 119 cm³/mol. The molecule has 0 spiro atoms. The van der Waals surface area contributed by atoms with E-state index in [4.69, 9.17) is 9.47 Å². The minimum absolute atomic E-state index is 0.124. The van der Waals surface area contributed by atoms with Gasteiger partial charge in [0.2, 0.25) is 0 Å². The van der Waals surface area contributed by atoms with E-state index in [1.807, 2.05) is 25.1 Å². The molecule has 1 fully saturated rings. The Morgan fingerprint density at radius 1 is 1.18 bits per heavy atom. The predicted octanol–water partition coefficient (Wildman–Crippen LogP) is 4.45. The first-order valence-electron chi connectivity index (χ1n) is 10.2. The van der Waals surface area contributed by atoms with Crippen LogP contribution in [0, 0.1) is 0 Å². The second kappa shape index (κ2) is 10.5. The van der Waals surface area contributed by atoms with Crippen LogP contribution in [0.4, 0.5) is 18.9 Å². The van der Waals surface area contributed by atoms with Crippen LogP contribution in [0.3, 0.4) is 0 Å². The molecular formula is C22H26F3N3O4S. The maximum absolute atomic E-state index is 12.7. The summed E-state index contributed by atoms with van der Waals surface area (Å²) in [5, 5.41) is 9.19. The van der Waals surface area contributed by atoms with E-state index in [9.17, 15) is 23.2 Å². The van der Waals surface area contributed by atoms with Crippen LogP contribution in [-0.2, 0) is 6.18 Å². The highest BCUT2D eigenvalue weighted by molar-refractivity contribution is 7.97. The number of nitrogens with one attached hydrogen (secondary N) is 1. The quantitative estimate of drug-likeness (QED) is 0.341. The number of hydrogen-bond donors (Lipinski definition) is 2. The van der Waals surface area contributed by atoms with Crippen LogP contribution in [0.15, 0.2) is 41.3 Å². The van der Waals surface area contributed by atoms with Crippen LogP contribution < -0.4 is 19.9 Å². The lowest BCUT2D eigenvalue weighted by atomic mass is 10.1. The summed E-state index contributed by atoms with van der Waals surface area (Å²) in [6.45, 7) is 1.29. The highest BCUT2D eigenvalue weighted by atomic mass is 32.2. The lowest BCUT2D eigenvalue weighted by molar-refractivity contribution is -0.137. The van der Waals surface area contributed by atoms with Crippen molar-refractivity contribution in [1.82, 2.24) is 9.79 Å². The van der Waals surface area contributed by atoms with Crippen molar-refractivity contribution in [2.75, 3.05) is 39.2 Å². The molecule has 0 unspecified atom stereocenters. The fraction of sp³-hybridized carbons (Fsp3) is 0.409. The number of amides is 1. The van der Waals surface area contributed by atoms with Crippen LogP contribution in [0.1, 0.15) is 28.8 Å². The third-order valence-corrected chi connectivity index (χ3v) is 6.37. The van der Waals surface area contributed by atoms with Crippen molar-refractivity contribution in [3.8, 4) is 11.5 Å². The number of ether oxygens (including phenoxy) is 2. The van der Waals surface area contributed by atoms with Gasteiger partial charge in [0.25, 0.3) is 5.91 Å². The number of benzene rings is 2. The SMILES string of the molecule is COc1cc(N(C)C)cc(SN2CCC(Oc3ccc(C(F)(F)F)cc3)CC2)c1C(=O)NO. The molecule has 1 aliphatic rings. The Balaban J connectivity index is 1.67. The van der Waals surface area contributed by atoms with Gasteiger partial charge in [0.15, 0.2) is 0 Å². The van der Waals surface area contributed by atoms with E-state index in [1.54, 1.807) is 11.5 Å². The van der Waals surface area contributed by atoms with E-state index in [-0.39, 0.29) is 11.7 Å². The second-order valence-electron chi connectivity index (χ2n) is 7.72. The summed E-state index contributed by atoms with van der Waals surface area (Å²) in [6.07, 6.45) is -3.17. The highest BCUT2D eigenvalue weighted by Gasteiger charge is 2.30. The molecule has 0 saturated carbocycles. The summed E-state index contributed by atoms with van der Waals surface area (Å²) in [7, 11) is 5.21. The fourth-order valence-corrected chi connectivity index (χ4v) is 4.57. The molecule has 0 aromatic heterocycles. The molecule has 0 atom stereocenters. The third kappa shape index (κ3) is 6.24. The van der Waals surface area contributed by atoms with Gasteiger partial charge in [-0.05, 0) is 55.1 Å². The Bertz CT molecular complexity index is 963. The number of methoxy groups -OCH3 is 1. The molecule has 11 heteroatoms. The summed E-state index contributed by atoms with van der Waals surface area (Å²) in [5.41, 5.74) is 2.04. The minimum atomic E-state index is -4.38. The van der Waals surface area contributed by atoms with Crippen molar-refractivity contribution < 1.29 is 32.6 Å². The summed E-state index contributed by atoms with van der Waals surface area (Å²) >= 11 is 1.38. The Morgan fingerprint density at radius 3 is 2.33 bits per heavy atom. The fourth-order valence-electron chi connectivity index (χ4n) is 3.44. The summed E-state index contributed by atoms with van der Waals surface area (Å²) in [4.78, 5) is 14.8. The van der Waals surface area contributed by atoms with Crippen molar-refractivity contribution in [3.05, 3.63) is 47.5 Å². The van der Waals surface area contributed by atoms with Crippen LogP contribution >= 0.6 is 11.9 Å². The number of anilines is 1. The van der Waals surface area contributed by atoms with Crippen LogP contribution in [0.25, 0.3) is 0 Å². The second-order valence-corrected chi connectivity index (χ2v) is 8.85. The van der Waals surface area contributed by atoms with Crippen molar-refractivity contribution >= 4 is 23.5 Å². The zero-order valence-corrected chi connectivity index (χ0v) is 19.3. The van der Waals surface area contributed by atoms with Crippen LogP contribution in [0.2, 0.25) is 0 Å². The number of hydroxylamine groups is 1. The van der Waals surface area contributed by atoms with Crippen molar-refractivity contribution in [2.24, 2.45) is 0 Å². The summed E-state index contributed by atoms with van der Waals surface area (Å²) in [5.74, 6) is 0.0791. The van der Waals surface area contributed by atoms with Crippen molar-refractivity contribution in [1.29, 1.82) is 0 Å². The average Bonchev–Trinajstić information content (AvgIpc) is 2.79. The van der Waals surface area contributed by atoms with Gasteiger partial charge in [-0.1, -0.05) is 0 Å². The molecule has 0 bridgehead atoms. The molecule has 33 heavy (non-hydrogen) atoms. The van der Waals surface area contributed by atoms with E-state index in [1.165, 1.54) is 31.2 Å². The standard InChI is InChI=1S/C22H26F3N3O4S/c1-27(2)15-12-18(31-3)20(21(29)26-30)19(13-15)33-28-10-8-17(9-11-28)32-16-6-4-14(5-7-16)22(23,24)25/h4-7,12-13,17,30H,8-11H2,1-3H3,(H,26,29). The van der Waals surface area contributed by atoms with Crippen LogP contribution in [-0.4, -0.2) is 55.8 Å². The third-order valence-electron chi connectivity index (χ3n) is 5.23. The summed E-state index contributed by atoms with van der Waals surface area (Å²) in [6, 6.07) is 8.27. The van der Waals surface area contributed by atoms with Gasteiger partial charge < -0.3 is 14.4 Å². The maximum atomic E-state index is 12.7. The highest BCUT2D eigenvalue weighted by Crippen LogP contribution is 2.38. The van der Waals surface area contributed by atoms with Gasteiger partial charge in [-0.2, -0.15) is 13.2 Å². The van der Waals surface area contributed by atoms with Gasteiger partial charge in [-0.3, -0.25) is 10.0 Å². The van der Waals surface area contributed by atoms with Gasteiger partial charge in [-0.25, -0.2) is 9.79 Å². The zero-order valence-electron chi connectivity index (χ0n) is 18.5. The molecule has 7 nitrogen and oxygen atoms in total. The molecule has 2 N–H and O–H groups in total. The lowest BCUT2D eigenvalue weighted by Crippen LogP contribution is -2.34. The molecule has 2 aromatic rings. The number of piperidine rings is 1. The van der Waals surface area contributed by atoms with Gasteiger partial charge in [-0.15, -0.1) is 0 Å². The normalized spacial score (nSPS) is 15.2. The number of nitrogens with zero attached hydrogens (tertiary/aromatic N) is 2. The molecular weight excluding hydrogens is 459 g/mol. The van der Waals surface area contributed by atoms with Gasteiger partial charge in [0.05, 0.1) is 18.2 Å². The van der Waals surface area contributed by atoms with E-state index < -0.39 is 17.6 Å². The number of carbonyl (C=O) groups excluding carboxylic acids is 1. The molecule has 1 saturated heterocycles. The van der Waals surface area contributed by atoms with E-state index in [0.717, 1.165) is 17.8 Å². The Morgan fingerprint density at radius 2 is 1.82 bits per heavy atom. The molecule has 1 aliphatic heterocycles. The maximum Gasteiger partial charge on any atom is 0.416 e. The van der Waals surface area contributed by atoms with Crippen LogP contribution in [0.5, 0.6) is 11.5 Å². The Labute approximate surface area is 194 Å². The molecule has 1 heterocycles. The number of halogens is 3. The average molecular weight is 486 g/mol. The largest absolute Gasteiger partial charge is 0.496 e. The lowest BCUT2D eigenvalue weighted by Gasteiger charge is -2.32. The first kappa shape index (κ1) is 25.0. The molecule has 2 aromatic carbocycles. The Kier molecular flexibility index (Phi) is 7.98. The minimum Gasteiger partial charge on any atom is -0.496 e. The van der Waals surface area contributed by atoms with E-state index in [2.05, 4.69) is 4.31 Å². The number of rotatable bonds is 7. The van der Waals surface area contributed by atoms with E-state index >= 15 is 0 Å². The van der Waals surface area contributed by atoms with Gasteiger partial charge in [0, 0.05) is 43.8 Å². The first-order chi connectivity index (χ1) is 15.6. The van der Waals surface area contributed by atoms with E-state index in [0.29, 0.717) is 42.3 Å². The molecule has 0 radical (unpaired) electrons. The number of carbonyl (C=O) groups is 1. The number of alkyl halides is 3. The van der Waals surface area contributed by atoms with Crippen molar-refractivity contribution in [2.45, 2.75) is 30.0 Å². The monoisotopic (exact) mass is 485 g/mol. The smallest absolute Gasteiger partial charge is 0.416 e. The van der Waals surface area contributed by atoms with Gasteiger partial charge in [0.1, 0.15) is 17.6 Å². The van der Waals surface area contributed by atoms with Gasteiger partial charge >= 0.3 is 6.18 Å². The van der Waals surface area contributed by atoms with Crippen molar-refractivity contribution in [3.63, 3.8) is 0 Å². The topological polar surface area (TPSA) is 74.3 Å². The molecule has 1 amide bonds. The molecule has 3 rings (SSSR count). The zero-order chi connectivity index (χ0) is 24.2. The number of hydrogen-bond acceptors (Lipinski definition) is 7.